The Labute approximate surface area is 110 Å². The van der Waals surface area contributed by atoms with Gasteiger partial charge in [-0.2, -0.15) is 0 Å². The van der Waals surface area contributed by atoms with Crippen molar-refractivity contribution >= 4 is 16.6 Å². The van der Waals surface area contributed by atoms with Gasteiger partial charge in [0, 0.05) is 10.9 Å². The molecule has 94 valence electrons. The first-order chi connectivity index (χ1) is 9.31. The number of ether oxygens (including phenoxy) is 1. The molecular formula is C16H12O3. The Morgan fingerprint density at radius 1 is 1.05 bits per heavy atom. The van der Waals surface area contributed by atoms with E-state index < -0.39 is 0 Å². The molecule has 0 N–H and O–H groups in total. The molecule has 19 heavy (non-hydrogen) atoms. The zero-order chi connectivity index (χ0) is 13.2. The Morgan fingerprint density at radius 2 is 1.84 bits per heavy atom. The molecule has 0 spiro atoms. The minimum atomic E-state index is -0.0485. The number of rotatable bonds is 3. The van der Waals surface area contributed by atoms with Crippen LogP contribution in [0.15, 0.2) is 59.4 Å². The van der Waals surface area contributed by atoms with Crippen LogP contribution in [0, 0.1) is 0 Å². The highest BCUT2D eigenvalue weighted by Gasteiger charge is 2.15. The molecule has 0 aliphatic carbocycles. The highest BCUT2D eigenvalue weighted by molar-refractivity contribution is 6.17. The minimum absolute atomic E-state index is 0.0485. The van der Waals surface area contributed by atoms with Crippen molar-refractivity contribution in [3.63, 3.8) is 0 Å². The van der Waals surface area contributed by atoms with E-state index in [1.54, 1.807) is 19.2 Å². The number of fused-ring (bicyclic) bond motifs is 1. The molecule has 1 heterocycles. The third-order valence-corrected chi connectivity index (χ3v) is 3.13. The molecule has 0 bridgehead atoms. The maximum Gasteiger partial charge on any atom is 0.196 e. The van der Waals surface area contributed by atoms with Crippen LogP contribution in [0.5, 0.6) is 5.75 Å². The number of carbonyl (C=O) groups excluding carboxylic acids is 1. The zero-order valence-corrected chi connectivity index (χ0v) is 10.4. The van der Waals surface area contributed by atoms with Crippen LogP contribution < -0.4 is 4.74 Å². The molecule has 0 atom stereocenters. The van der Waals surface area contributed by atoms with Gasteiger partial charge in [0.05, 0.1) is 18.9 Å². The lowest BCUT2D eigenvalue weighted by Crippen LogP contribution is -2.01. The summed E-state index contributed by atoms with van der Waals surface area (Å²) >= 11 is 0. The predicted octanol–water partition coefficient (Wildman–Crippen LogP) is 3.67. The van der Waals surface area contributed by atoms with Gasteiger partial charge in [-0.15, -0.1) is 0 Å². The summed E-state index contributed by atoms with van der Waals surface area (Å²) in [7, 11) is 1.62. The Morgan fingerprint density at radius 3 is 2.53 bits per heavy atom. The summed E-state index contributed by atoms with van der Waals surface area (Å²) < 4.78 is 10.3. The molecule has 3 aromatic rings. The summed E-state index contributed by atoms with van der Waals surface area (Å²) in [6.07, 6.45) is 2.96. The van der Waals surface area contributed by atoms with E-state index >= 15 is 0 Å². The average molecular weight is 252 g/mol. The van der Waals surface area contributed by atoms with Gasteiger partial charge in [-0.25, -0.2) is 0 Å². The molecule has 0 unspecified atom stereocenters. The SMILES string of the molecule is COc1ccc(C(=O)c2ccoc2)c2ccccc12. The van der Waals surface area contributed by atoms with Crippen molar-refractivity contribution < 1.29 is 13.9 Å². The monoisotopic (exact) mass is 252 g/mol. The quantitative estimate of drug-likeness (QED) is 0.667. The molecule has 0 amide bonds. The fraction of sp³-hybridized carbons (Fsp3) is 0.0625. The lowest BCUT2D eigenvalue weighted by Gasteiger charge is -2.09. The minimum Gasteiger partial charge on any atom is -0.496 e. The van der Waals surface area contributed by atoms with Crippen molar-refractivity contribution in [1.82, 2.24) is 0 Å². The van der Waals surface area contributed by atoms with Crippen LogP contribution in [0.1, 0.15) is 15.9 Å². The van der Waals surface area contributed by atoms with Crippen LogP contribution in [-0.4, -0.2) is 12.9 Å². The van der Waals surface area contributed by atoms with Gasteiger partial charge >= 0.3 is 0 Å². The van der Waals surface area contributed by atoms with Crippen LogP contribution in [0.3, 0.4) is 0 Å². The largest absolute Gasteiger partial charge is 0.496 e. The maximum atomic E-state index is 12.4. The normalized spacial score (nSPS) is 10.6. The Balaban J connectivity index is 2.23. The first-order valence-corrected chi connectivity index (χ1v) is 5.94. The standard InChI is InChI=1S/C16H12O3/c1-18-15-7-6-14(12-4-2-3-5-13(12)15)16(17)11-8-9-19-10-11/h2-10H,1H3. The summed E-state index contributed by atoms with van der Waals surface area (Å²) in [6, 6.07) is 13.0. The molecular weight excluding hydrogens is 240 g/mol. The van der Waals surface area contributed by atoms with E-state index in [9.17, 15) is 4.79 Å². The van der Waals surface area contributed by atoms with Crippen LogP contribution >= 0.6 is 0 Å². The van der Waals surface area contributed by atoms with Gasteiger partial charge < -0.3 is 9.15 Å². The summed E-state index contributed by atoms with van der Waals surface area (Å²) in [5.74, 6) is 0.715. The fourth-order valence-corrected chi connectivity index (χ4v) is 2.20. The van der Waals surface area contributed by atoms with Crippen LogP contribution in [0.2, 0.25) is 0 Å². The topological polar surface area (TPSA) is 39.4 Å². The second-order valence-electron chi connectivity index (χ2n) is 4.20. The van der Waals surface area contributed by atoms with Crippen LogP contribution in [0.4, 0.5) is 0 Å². The van der Waals surface area contributed by atoms with Crippen LogP contribution in [0.25, 0.3) is 10.8 Å². The Bertz CT molecular complexity index is 727. The van der Waals surface area contributed by atoms with Gasteiger partial charge in [0.15, 0.2) is 5.78 Å². The Kier molecular flexibility index (Phi) is 2.80. The number of hydrogen-bond donors (Lipinski definition) is 0. The molecule has 0 aliphatic rings. The predicted molar refractivity (Wildman–Crippen MR) is 72.6 cm³/mol. The third-order valence-electron chi connectivity index (χ3n) is 3.13. The highest BCUT2D eigenvalue weighted by atomic mass is 16.5. The second-order valence-corrected chi connectivity index (χ2v) is 4.20. The van der Waals surface area contributed by atoms with Gasteiger partial charge in [0.25, 0.3) is 0 Å². The highest BCUT2D eigenvalue weighted by Crippen LogP contribution is 2.29. The first kappa shape index (κ1) is 11.5. The van der Waals surface area contributed by atoms with E-state index in [0.29, 0.717) is 11.1 Å². The smallest absolute Gasteiger partial charge is 0.196 e. The van der Waals surface area contributed by atoms with E-state index in [0.717, 1.165) is 16.5 Å². The third kappa shape index (κ3) is 1.89. The number of methoxy groups -OCH3 is 1. The molecule has 0 aliphatic heterocycles. The molecule has 3 rings (SSSR count). The lowest BCUT2D eigenvalue weighted by molar-refractivity contribution is 0.103. The van der Waals surface area contributed by atoms with E-state index in [4.69, 9.17) is 9.15 Å². The fourth-order valence-electron chi connectivity index (χ4n) is 2.20. The molecule has 1 aromatic heterocycles. The van der Waals surface area contributed by atoms with Gasteiger partial charge in [0.2, 0.25) is 0 Å². The molecule has 3 heteroatoms. The molecule has 2 aromatic carbocycles. The number of carbonyl (C=O) groups is 1. The summed E-state index contributed by atoms with van der Waals surface area (Å²) in [4.78, 5) is 12.4. The van der Waals surface area contributed by atoms with Gasteiger partial charge in [0.1, 0.15) is 12.0 Å². The maximum absolute atomic E-state index is 12.4. The van der Waals surface area contributed by atoms with Crippen molar-refractivity contribution in [1.29, 1.82) is 0 Å². The van der Waals surface area contributed by atoms with Crippen molar-refractivity contribution in [3.05, 3.63) is 66.1 Å². The van der Waals surface area contributed by atoms with Crippen molar-refractivity contribution in [2.24, 2.45) is 0 Å². The van der Waals surface area contributed by atoms with Crippen molar-refractivity contribution in [2.45, 2.75) is 0 Å². The average Bonchev–Trinajstić information content (AvgIpc) is 2.99. The number of benzene rings is 2. The van der Waals surface area contributed by atoms with Crippen LogP contribution in [-0.2, 0) is 0 Å². The van der Waals surface area contributed by atoms with Gasteiger partial charge in [-0.3, -0.25) is 4.79 Å². The molecule has 0 saturated heterocycles. The number of hydrogen-bond acceptors (Lipinski definition) is 3. The van der Waals surface area contributed by atoms with E-state index in [1.165, 1.54) is 12.5 Å². The molecule has 3 nitrogen and oxygen atoms in total. The van der Waals surface area contributed by atoms with Gasteiger partial charge in [-0.05, 0) is 23.6 Å². The number of furan rings is 1. The lowest BCUT2D eigenvalue weighted by atomic mass is 9.98. The molecule has 0 fully saturated rings. The Hall–Kier alpha value is -2.55. The zero-order valence-electron chi connectivity index (χ0n) is 10.4. The van der Waals surface area contributed by atoms with E-state index in [2.05, 4.69) is 0 Å². The molecule has 0 radical (unpaired) electrons. The second kappa shape index (κ2) is 4.61. The van der Waals surface area contributed by atoms with E-state index in [-0.39, 0.29) is 5.78 Å². The number of ketones is 1. The van der Waals surface area contributed by atoms with E-state index in [1.807, 2.05) is 30.3 Å². The van der Waals surface area contributed by atoms with Crippen molar-refractivity contribution in [2.75, 3.05) is 7.11 Å². The molecule has 0 saturated carbocycles. The van der Waals surface area contributed by atoms with Crippen molar-refractivity contribution in [3.8, 4) is 5.75 Å². The summed E-state index contributed by atoms with van der Waals surface area (Å²) in [6.45, 7) is 0. The van der Waals surface area contributed by atoms with Gasteiger partial charge in [-0.1, -0.05) is 24.3 Å². The summed E-state index contributed by atoms with van der Waals surface area (Å²) in [5, 5.41) is 1.81. The first-order valence-electron chi connectivity index (χ1n) is 5.94. The summed E-state index contributed by atoms with van der Waals surface area (Å²) in [5.41, 5.74) is 1.20.